The Bertz CT molecular complexity index is 415. The van der Waals surface area contributed by atoms with Crippen LogP contribution in [0.3, 0.4) is 0 Å². The van der Waals surface area contributed by atoms with E-state index in [-0.39, 0.29) is 0 Å². The molecular formula is C15H23NO3. The van der Waals surface area contributed by atoms with E-state index in [1.54, 1.807) is 34.6 Å². The lowest BCUT2D eigenvalue weighted by Gasteiger charge is -2.35. The number of carbonyl (C=O) groups is 1. The summed E-state index contributed by atoms with van der Waals surface area (Å²) in [4.78, 5) is 13.5. The van der Waals surface area contributed by atoms with Crippen LogP contribution in [0.5, 0.6) is 0 Å². The smallest absolute Gasteiger partial charge is 0.412 e. The Hall–Kier alpha value is -1.55. The predicted octanol–water partition coefficient (Wildman–Crippen LogP) is 3.15. The van der Waals surface area contributed by atoms with Crippen molar-refractivity contribution in [1.82, 2.24) is 4.90 Å². The standard InChI is InChI=1S/C15H23NO3/c1-14(2,3)19-13(17)16(15(4,5)18)11-12-9-7-6-8-10-12/h6-10,18H,11H2,1-5H3. The van der Waals surface area contributed by atoms with Gasteiger partial charge in [0.1, 0.15) is 11.3 Å². The van der Waals surface area contributed by atoms with Crippen LogP contribution in [0, 0.1) is 0 Å². The van der Waals surface area contributed by atoms with Crippen LogP contribution >= 0.6 is 0 Å². The fraction of sp³-hybridized carbons (Fsp3) is 0.533. The molecule has 1 N–H and O–H groups in total. The molecule has 19 heavy (non-hydrogen) atoms. The quantitative estimate of drug-likeness (QED) is 0.854. The molecule has 0 radical (unpaired) electrons. The van der Waals surface area contributed by atoms with Gasteiger partial charge in [-0.1, -0.05) is 30.3 Å². The van der Waals surface area contributed by atoms with Crippen LogP contribution in [0.25, 0.3) is 0 Å². The molecule has 1 aromatic rings. The van der Waals surface area contributed by atoms with Crippen LogP contribution in [0.15, 0.2) is 30.3 Å². The Morgan fingerprint density at radius 1 is 1.16 bits per heavy atom. The number of amides is 1. The van der Waals surface area contributed by atoms with Gasteiger partial charge in [-0.3, -0.25) is 4.90 Å². The first-order valence-electron chi connectivity index (χ1n) is 6.36. The van der Waals surface area contributed by atoms with E-state index in [1.807, 2.05) is 30.3 Å². The summed E-state index contributed by atoms with van der Waals surface area (Å²) in [6.07, 6.45) is -0.524. The average molecular weight is 265 g/mol. The van der Waals surface area contributed by atoms with Crippen molar-refractivity contribution in [2.45, 2.75) is 52.5 Å². The molecule has 0 bridgehead atoms. The molecule has 0 aliphatic heterocycles. The van der Waals surface area contributed by atoms with Crippen molar-refractivity contribution < 1.29 is 14.6 Å². The maximum absolute atomic E-state index is 12.2. The second-order valence-electron chi connectivity index (χ2n) is 6.05. The van der Waals surface area contributed by atoms with Crippen molar-refractivity contribution in [3.8, 4) is 0 Å². The summed E-state index contributed by atoms with van der Waals surface area (Å²) < 4.78 is 5.33. The number of rotatable bonds is 3. The first kappa shape index (κ1) is 15.5. The molecule has 0 saturated heterocycles. The van der Waals surface area contributed by atoms with Gasteiger partial charge in [0, 0.05) is 0 Å². The van der Waals surface area contributed by atoms with E-state index in [2.05, 4.69) is 0 Å². The minimum absolute atomic E-state index is 0.305. The highest BCUT2D eigenvalue weighted by Crippen LogP contribution is 2.19. The van der Waals surface area contributed by atoms with Crippen molar-refractivity contribution in [1.29, 1.82) is 0 Å². The molecular weight excluding hydrogens is 242 g/mol. The zero-order valence-corrected chi connectivity index (χ0v) is 12.3. The normalized spacial score (nSPS) is 12.1. The summed E-state index contributed by atoms with van der Waals surface area (Å²) in [6.45, 7) is 8.85. The monoisotopic (exact) mass is 265 g/mol. The molecule has 0 aliphatic rings. The maximum atomic E-state index is 12.2. The third-order valence-electron chi connectivity index (χ3n) is 2.46. The number of nitrogens with zero attached hydrogens (tertiary/aromatic N) is 1. The summed E-state index contributed by atoms with van der Waals surface area (Å²) in [7, 11) is 0. The zero-order chi connectivity index (χ0) is 14.7. The molecule has 106 valence electrons. The van der Waals surface area contributed by atoms with Gasteiger partial charge in [0.15, 0.2) is 0 Å². The number of hydrogen-bond acceptors (Lipinski definition) is 3. The number of benzene rings is 1. The molecule has 4 heteroatoms. The van der Waals surface area contributed by atoms with Gasteiger partial charge in [-0.05, 0) is 40.2 Å². The lowest BCUT2D eigenvalue weighted by atomic mass is 10.1. The zero-order valence-electron chi connectivity index (χ0n) is 12.3. The van der Waals surface area contributed by atoms with E-state index in [1.165, 1.54) is 4.90 Å². The van der Waals surface area contributed by atoms with Crippen LogP contribution in [0.1, 0.15) is 40.2 Å². The third kappa shape index (κ3) is 5.30. The van der Waals surface area contributed by atoms with Crippen LogP contribution in [0.4, 0.5) is 4.79 Å². The van der Waals surface area contributed by atoms with Crippen LogP contribution in [-0.4, -0.2) is 27.4 Å². The predicted molar refractivity (Wildman–Crippen MR) is 74.5 cm³/mol. The molecule has 0 spiro atoms. The summed E-state index contributed by atoms with van der Waals surface area (Å²) in [6, 6.07) is 9.51. The minimum Gasteiger partial charge on any atom is -0.444 e. The fourth-order valence-electron chi connectivity index (χ4n) is 1.56. The molecule has 0 unspecified atom stereocenters. The van der Waals surface area contributed by atoms with Gasteiger partial charge in [0.2, 0.25) is 0 Å². The van der Waals surface area contributed by atoms with Gasteiger partial charge in [0.05, 0.1) is 6.54 Å². The Balaban J connectivity index is 2.88. The van der Waals surface area contributed by atoms with E-state index in [4.69, 9.17) is 4.74 Å². The van der Waals surface area contributed by atoms with E-state index in [0.717, 1.165) is 5.56 Å². The Morgan fingerprint density at radius 2 is 1.68 bits per heavy atom. The molecule has 1 amide bonds. The second kappa shape index (κ2) is 5.61. The summed E-state index contributed by atoms with van der Waals surface area (Å²) in [5.41, 5.74) is -0.925. The highest BCUT2D eigenvalue weighted by Gasteiger charge is 2.32. The number of carbonyl (C=O) groups excluding carboxylic acids is 1. The van der Waals surface area contributed by atoms with Crippen LogP contribution in [0.2, 0.25) is 0 Å². The molecule has 1 rings (SSSR count). The fourth-order valence-corrected chi connectivity index (χ4v) is 1.56. The lowest BCUT2D eigenvalue weighted by Crippen LogP contribution is -2.49. The third-order valence-corrected chi connectivity index (χ3v) is 2.46. The van der Waals surface area contributed by atoms with Crippen molar-refractivity contribution in [3.05, 3.63) is 35.9 Å². The van der Waals surface area contributed by atoms with Crippen molar-refractivity contribution in [2.75, 3.05) is 0 Å². The first-order chi connectivity index (χ1) is 8.59. The van der Waals surface area contributed by atoms with E-state index in [9.17, 15) is 9.90 Å². The first-order valence-corrected chi connectivity index (χ1v) is 6.36. The van der Waals surface area contributed by atoms with E-state index < -0.39 is 17.4 Å². The second-order valence-corrected chi connectivity index (χ2v) is 6.05. The largest absolute Gasteiger partial charge is 0.444 e. The molecule has 1 aromatic carbocycles. The van der Waals surface area contributed by atoms with E-state index in [0.29, 0.717) is 6.54 Å². The number of aliphatic hydroxyl groups is 1. The molecule has 0 aromatic heterocycles. The van der Waals surface area contributed by atoms with Crippen molar-refractivity contribution in [3.63, 3.8) is 0 Å². The highest BCUT2D eigenvalue weighted by atomic mass is 16.6. The van der Waals surface area contributed by atoms with Crippen LogP contribution < -0.4 is 0 Å². The molecule has 0 atom stereocenters. The van der Waals surface area contributed by atoms with Crippen molar-refractivity contribution >= 4 is 6.09 Å². The number of hydrogen-bond donors (Lipinski definition) is 1. The molecule has 0 fully saturated rings. The lowest BCUT2D eigenvalue weighted by molar-refractivity contribution is -0.0864. The van der Waals surface area contributed by atoms with Crippen molar-refractivity contribution in [2.24, 2.45) is 0 Å². The van der Waals surface area contributed by atoms with Crippen LogP contribution in [-0.2, 0) is 11.3 Å². The van der Waals surface area contributed by atoms with Gasteiger partial charge >= 0.3 is 6.09 Å². The van der Waals surface area contributed by atoms with Gasteiger partial charge in [-0.15, -0.1) is 0 Å². The summed E-state index contributed by atoms with van der Waals surface area (Å²) in [5, 5.41) is 10.1. The molecule has 0 saturated carbocycles. The van der Waals surface area contributed by atoms with E-state index >= 15 is 0 Å². The Morgan fingerprint density at radius 3 is 2.11 bits per heavy atom. The van der Waals surface area contributed by atoms with Gasteiger partial charge < -0.3 is 9.84 Å². The SMILES string of the molecule is CC(C)(C)OC(=O)N(Cc1ccccc1)C(C)(C)O. The molecule has 4 nitrogen and oxygen atoms in total. The molecule has 0 aliphatic carbocycles. The Kier molecular flexibility index (Phi) is 4.58. The molecule has 0 heterocycles. The summed E-state index contributed by atoms with van der Waals surface area (Å²) in [5.74, 6) is 0. The highest BCUT2D eigenvalue weighted by molar-refractivity contribution is 5.68. The minimum atomic E-state index is -1.28. The van der Waals surface area contributed by atoms with Gasteiger partial charge in [-0.2, -0.15) is 0 Å². The van der Waals surface area contributed by atoms with Gasteiger partial charge in [-0.25, -0.2) is 4.79 Å². The summed E-state index contributed by atoms with van der Waals surface area (Å²) >= 11 is 0. The maximum Gasteiger partial charge on any atom is 0.412 e. The van der Waals surface area contributed by atoms with Gasteiger partial charge in [0.25, 0.3) is 0 Å². The topological polar surface area (TPSA) is 49.8 Å². The number of ether oxygens (including phenoxy) is 1. The average Bonchev–Trinajstić information content (AvgIpc) is 2.23. The Labute approximate surface area is 115 Å².